The molecule has 0 heterocycles. The van der Waals surface area contributed by atoms with Crippen molar-refractivity contribution in [2.75, 3.05) is 13.2 Å². The number of carbonyl (C=O) groups is 2. The fourth-order valence-corrected chi connectivity index (χ4v) is 1.51. The van der Waals surface area contributed by atoms with E-state index in [4.69, 9.17) is 0 Å². The Morgan fingerprint density at radius 2 is 1.35 bits per heavy atom. The molecule has 0 radical (unpaired) electrons. The molecule has 0 saturated carbocycles. The van der Waals surface area contributed by atoms with Crippen LogP contribution in [0.15, 0.2) is 11.8 Å². The second-order valence-electron chi connectivity index (χ2n) is 3.98. The Labute approximate surface area is 127 Å². The zero-order chi connectivity index (χ0) is 17.7. The topological polar surface area (TPSA) is 52.6 Å². The van der Waals surface area contributed by atoms with Crippen molar-refractivity contribution in [2.24, 2.45) is 0 Å². The number of ketones is 1. The molecule has 23 heavy (non-hydrogen) atoms. The summed E-state index contributed by atoms with van der Waals surface area (Å²) in [6.45, 7) is 2.65. The summed E-state index contributed by atoms with van der Waals surface area (Å²) in [6.07, 6.45) is 0.540. The van der Waals surface area contributed by atoms with Crippen LogP contribution in [0.1, 0.15) is 24.2 Å². The molecule has 1 rings (SSSR count). The van der Waals surface area contributed by atoms with Crippen molar-refractivity contribution >= 4 is 11.8 Å². The standard InChI is InChI=1S/C14H11F5O4/c1-3-22-5-6(14(21)23-4-2)13(20)7-8(15)10(17)12(19)11(18)9(7)16/h5H,3-4H2,1-2H3/b6-5-. The zero-order valence-electron chi connectivity index (χ0n) is 12.0. The van der Waals surface area contributed by atoms with Crippen LogP contribution in [-0.4, -0.2) is 25.0 Å². The Morgan fingerprint density at radius 3 is 1.78 bits per heavy atom. The highest BCUT2D eigenvalue weighted by atomic mass is 19.2. The van der Waals surface area contributed by atoms with E-state index < -0.39 is 52.0 Å². The molecular formula is C14H11F5O4. The Kier molecular flexibility index (Phi) is 6.23. The lowest BCUT2D eigenvalue weighted by molar-refractivity contribution is -0.138. The molecule has 0 bridgehead atoms. The molecule has 1 aromatic rings. The van der Waals surface area contributed by atoms with Crippen molar-refractivity contribution in [1.82, 2.24) is 0 Å². The van der Waals surface area contributed by atoms with Gasteiger partial charge < -0.3 is 9.47 Å². The van der Waals surface area contributed by atoms with Crippen molar-refractivity contribution in [3.05, 3.63) is 46.5 Å². The van der Waals surface area contributed by atoms with E-state index in [0.29, 0.717) is 6.26 Å². The van der Waals surface area contributed by atoms with Crippen molar-refractivity contribution < 1.29 is 41.0 Å². The average molecular weight is 338 g/mol. The summed E-state index contributed by atoms with van der Waals surface area (Å²) in [6, 6.07) is 0. The van der Waals surface area contributed by atoms with Crippen LogP contribution in [0.5, 0.6) is 0 Å². The number of Topliss-reactive ketones (excluding diaryl/α,β-unsaturated/α-hetero) is 1. The van der Waals surface area contributed by atoms with Crippen LogP contribution in [0.4, 0.5) is 22.0 Å². The van der Waals surface area contributed by atoms with Gasteiger partial charge in [-0.3, -0.25) is 4.79 Å². The summed E-state index contributed by atoms with van der Waals surface area (Å²) in [5, 5.41) is 0. The van der Waals surface area contributed by atoms with E-state index in [1.165, 1.54) is 13.8 Å². The zero-order valence-corrected chi connectivity index (χ0v) is 12.0. The first-order chi connectivity index (χ1) is 10.8. The molecule has 0 spiro atoms. The molecule has 0 unspecified atom stereocenters. The van der Waals surface area contributed by atoms with Crippen LogP contribution in [-0.2, 0) is 14.3 Å². The van der Waals surface area contributed by atoms with Crippen molar-refractivity contribution in [3.63, 3.8) is 0 Å². The third-order valence-electron chi connectivity index (χ3n) is 2.54. The third-order valence-corrected chi connectivity index (χ3v) is 2.54. The molecule has 0 aliphatic rings. The predicted molar refractivity (Wildman–Crippen MR) is 66.9 cm³/mol. The van der Waals surface area contributed by atoms with E-state index >= 15 is 0 Å². The first kappa shape index (κ1) is 18.6. The number of hydrogen-bond acceptors (Lipinski definition) is 4. The van der Waals surface area contributed by atoms with Crippen LogP contribution in [0.25, 0.3) is 0 Å². The molecule has 0 amide bonds. The molecule has 4 nitrogen and oxygen atoms in total. The van der Waals surface area contributed by atoms with Crippen LogP contribution in [0.3, 0.4) is 0 Å². The lowest BCUT2D eigenvalue weighted by atomic mass is 10.0. The van der Waals surface area contributed by atoms with Gasteiger partial charge in [-0.15, -0.1) is 0 Å². The van der Waals surface area contributed by atoms with Crippen LogP contribution in [0, 0.1) is 29.1 Å². The van der Waals surface area contributed by atoms with Gasteiger partial charge in [0.25, 0.3) is 0 Å². The largest absolute Gasteiger partial charge is 0.500 e. The van der Waals surface area contributed by atoms with Gasteiger partial charge in [0.1, 0.15) is 17.4 Å². The summed E-state index contributed by atoms with van der Waals surface area (Å²) in [7, 11) is 0. The predicted octanol–water partition coefficient (Wildman–Crippen LogP) is 3.05. The molecule has 0 atom stereocenters. The Balaban J connectivity index is 3.49. The van der Waals surface area contributed by atoms with Crippen LogP contribution >= 0.6 is 0 Å². The quantitative estimate of drug-likeness (QED) is 0.0921. The number of hydrogen-bond donors (Lipinski definition) is 0. The average Bonchev–Trinajstić information content (AvgIpc) is 2.52. The molecule has 0 saturated heterocycles. The molecule has 0 N–H and O–H groups in total. The first-order valence-electron chi connectivity index (χ1n) is 6.32. The Hall–Kier alpha value is -2.45. The van der Waals surface area contributed by atoms with Gasteiger partial charge in [0, 0.05) is 0 Å². The maximum atomic E-state index is 13.6. The minimum atomic E-state index is -2.41. The molecule has 1 aromatic carbocycles. The van der Waals surface area contributed by atoms with Crippen molar-refractivity contribution in [1.29, 1.82) is 0 Å². The van der Waals surface area contributed by atoms with Gasteiger partial charge in [0.2, 0.25) is 11.6 Å². The van der Waals surface area contributed by atoms with Crippen LogP contribution in [0.2, 0.25) is 0 Å². The molecule has 0 aliphatic heterocycles. The summed E-state index contributed by atoms with van der Waals surface area (Å²) >= 11 is 0. The molecule has 126 valence electrons. The molecule has 9 heteroatoms. The van der Waals surface area contributed by atoms with E-state index in [9.17, 15) is 31.5 Å². The molecule has 0 aliphatic carbocycles. The van der Waals surface area contributed by atoms with Gasteiger partial charge in [-0.2, -0.15) is 0 Å². The minimum Gasteiger partial charge on any atom is -0.500 e. The molecular weight excluding hydrogens is 327 g/mol. The summed E-state index contributed by atoms with van der Waals surface area (Å²) in [5.41, 5.74) is -2.77. The number of esters is 1. The highest BCUT2D eigenvalue weighted by molar-refractivity contribution is 6.24. The number of rotatable bonds is 6. The maximum absolute atomic E-state index is 13.6. The Bertz CT molecular complexity index is 641. The minimum absolute atomic E-state index is 0.0205. The van der Waals surface area contributed by atoms with E-state index in [1.807, 2.05) is 0 Å². The fraction of sp³-hybridized carbons (Fsp3) is 0.286. The SMILES string of the molecule is CCO/C=C(\C(=O)OCC)C(=O)c1c(F)c(F)c(F)c(F)c1F. The lowest BCUT2D eigenvalue weighted by Crippen LogP contribution is -2.21. The summed E-state index contributed by atoms with van der Waals surface area (Å²) < 4.78 is 75.7. The van der Waals surface area contributed by atoms with Gasteiger partial charge >= 0.3 is 5.97 Å². The lowest BCUT2D eigenvalue weighted by Gasteiger charge is -2.10. The van der Waals surface area contributed by atoms with E-state index in [1.54, 1.807) is 0 Å². The van der Waals surface area contributed by atoms with Crippen molar-refractivity contribution in [2.45, 2.75) is 13.8 Å². The first-order valence-corrected chi connectivity index (χ1v) is 6.32. The van der Waals surface area contributed by atoms with Crippen LogP contribution < -0.4 is 0 Å². The number of carbonyl (C=O) groups excluding carboxylic acids is 2. The molecule has 0 fully saturated rings. The third kappa shape index (κ3) is 3.66. The number of ether oxygens (including phenoxy) is 2. The fourth-order valence-electron chi connectivity index (χ4n) is 1.51. The van der Waals surface area contributed by atoms with E-state index in [0.717, 1.165) is 0 Å². The summed E-state index contributed by atoms with van der Waals surface area (Å²) in [5.74, 6) is -14.8. The van der Waals surface area contributed by atoms with Gasteiger partial charge in [0.05, 0.1) is 13.2 Å². The van der Waals surface area contributed by atoms with E-state index in [-0.39, 0.29) is 13.2 Å². The second-order valence-corrected chi connectivity index (χ2v) is 3.98. The van der Waals surface area contributed by atoms with Gasteiger partial charge in [-0.1, -0.05) is 0 Å². The number of benzene rings is 1. The normalized spacial score (nSPS) is 11.3. The van der Waals surface area contributed by atoms with Gasteiger partial charge in [0.15, 0.2) is 23.3 Å². The summed E-state index contributed by atoms with van der Waals surface area (Å²) in [4.78, 5) is 23.7. The van der Waals surface area contributed by atoms with Gasteiger partial charge in [-0.05, 0) is 13.8 Å². The highest BCUT2D eigenvalue weighted by Crippen LogP contribution is 2.25. The van der Waals surface area contributed by atoms with E-state index in [2.05, 4.69) is 9.47 Å². The molecule has 0 aromatic heterocycles. The maximum Gasteiger partial charge on any atom is 0.345 e. The Morgan fingerprint density at radius 1 is 0.870 bits per heavy atom. The van der Waals surface area contributed by atoms with Crippen molar-refractivity contribution in [3.8, 4) is 0 Å². The monoisotopic (exact) mass is 338 g/mol. The second kappa shape index (κ2) is 7.70. The number of halogens is 5. The highest BCUT2D eigenvalue weighted by Gasteiger charge is 2.33. The van der Waals surface area contributed by atoms with Gasteiger partial charge in [-0.25, -0.2) is 26.7 Å². The smallest absolute Gasteiger partial charge is 0.345 e.